The molecular weight excluding hydrogens is 737 g/mol. The van der Waals surface area contributed by atoms with Gasteiger partial charge in [0.1, 0.15) is 6.61 Å². The number of hydrogen-bond acceptors (Lipinski definition) is 8. The largest absolute Gasteiger partial charge is 0.472 e. The molecule has 1 unspecified atom stereocenters. The van der Waals surface area contributed by atoms with Crippen molar-refractivity contribution in [1.82, 2.24) is 0 Å². The van der Waals surface area contributed by atoms with Crippen LogP contribution in [0.5, 0.6) is 0 Å². The summed E-state index contributed by atoms with van der Waals surface area (Å²) in [4.78, 5) is 34.9. The van der Waals surface area contributed by atoms with Gasteiger partial charge in [0.15, 0.2) is 6.10 Å². The molecule has 0 radical (unpaired) electrons. The second-order valence-corrected chi connectivity index (χ2v) is 17.1. The fourth-order valence-electron chi connectivity index (χ4n) is 6.53. The minimum absolute atomic E-state index is 0.0465. The first kappa shape index (κ1) is 55.2. The SMILES string of the molecule is CCCCCCCC/C=C/C/C=C/C/C=C/CCCC(=O)O[C@H](COC(=O)CCCCCCCCCCCCCCCCCCCCC)COP(=O)(O)OCCN. The van der Waals surface area contributed by atoms with Crippen LogP contribution in [0.3, 0.4) is 0 Å². The summed E-state index contributed by atoms with van der Waals surface area (Å²) >= 11 is 0. The van der Waals surface area contributed by atoms with Gasteiger partial charge < -0.3 is 20.1 Å². The van der Waals surface area contributed by atoms with E-state index in [4.69, 9.17) is 24.3 Å². The molecule has 0 saturated carbocycles. The topological polar surface area (TPSA) is 134 Å². The van der Waals surface area contributed by atoms with Gasteiger partial charge in [-0.25, -0.2) is 4.57 Å². The van der Waals surface area contributed by atoms with Crippen molar-refractivity contribution >= 4 is 19.8 Å². The van der Waals surface area contributed by atoms with Crippen LogP contribution in [-0.2, 0) is 32.7 Å². The van der Waals surface area contributed by atoms with E-state index >= 15 is 0 Å². The molecule has 0 aliphatic carbocycles. The molecule has 57 heavy (non-hydrogen) atoms. The monoisotopic (exact) mass is 826 g/mol. The van der Waals surface area contributed by atoms with Gasteiger partial charge in [-0.1, -0.05) is 198 Å². The number of carbonyl (C=O) groups is 2. The molecule has 9 nitrogen and oxygen atoms in total. The summed E-state index contributed by atoms with van der Waals surface area (Å²) in [5, 5.41) is 0. The zero-order chi connectivity index (χ0) is 41.8. The predicted molar refractivity (Wildman–Crippen MR) is 238 cm³/mol. The summed E-state index contributed by atoms with van der Waals surface area (Å²) in [7, 11) is -4.39. The van der Waals surface area contributed by atoms with Gasteiger partial charge in [-0.15, -0.1) is 0 Å². The number of ether oxygens (including phenoxy) is 2. The molecule has 0 heterocycles. The Morgan fingerprint density at radius 3 is 1.40 bits per heavy atom. The van der Waals surface area contributed by atoms with E-state index in [-0.39, 0.29) is 32.6 Å². The van der Waals surface area contributed by atoms with Crippen molar-refractivity contribution in [2.45, 2.75) is 225 Å². The van der Waals surface area contributed by atoms with Crippen molar-refractivity contribution in [1.29, 1.82) is 0 Å². The van der Waals surface area contributed by atoms with E-state index in [1.165, 1.54) is 141 Å². The van der Waals surface area contributed by atoms with E-state index < -0.39 is 32.5 Å². The molecule has 0 aliphatic rings. The number of unbranched alkanes of at least 4 members (excludes halogenated alkanes) is 25. The lowest BCUT2D eigenvalue weighted by Gasteiger charge is -2.19. The highest BCUT2D eigenvalue weighted by Crippen LogP contribution is 2.43. The lowest BCUT2D eigenvalue weighted by Crippen LogP contribution is -2.29. The van der Waals surface area contributed by atoms with E-state index in [9.17, 15) is 19.0 Å². The molecule has 2 atom stereocenters. The van der Waals surface area contributed by atoms with Gasteiger partial charge in [-0.3, -0.25) is 18.6 Å². The smallest absolute Gasteiger partial charge is 0.462 e. The van der Waals surface area contributed by atoms with E-state index in [2.05, 4.69) is 44.2 Å². The third kappa shape index (κ3) is 43.6. The van der Waals surface area contributed by atoms with Crippen molar-refractivity contribution in [3.8, 4) is 0 Å². The number of phosphoric ester groups is 1. The Morgan fingerprint density at radius 2 is 0.930 bits per heavy atom. The number of esters is 2. The lowest BCUT2D eigenvalue weighted by atomic mass is 10.0. The van der Waals surface area contributed by atoms with Gasteiger partial charge >= 0.3 is 19.8 Å². The predicted octanol–water partition coefficient (Wildman–Crippen LogP) is 13.7. The molecular formula is C47H88NO8P. The van der Waals surface area contributed by atoms with Gasteiger partial charge in [0.05, 0.1) is 13.2 Å². The normalized spacial score (nSPS) is 13.5. The number of phosphoric acid groups is 1. The summed E-state index contributed by atoms with van der Waals surface area (Å²) in [5.74, 6) is -0.881. The summed E-state index contributed by atoms with van der Waals surface area (Å²) < 4.78 is 32.8. The molecule has 334 valence electrons. The van der Waals surface area contributed by atoms with E-state index in [1.807, 2.05) is 6.08 Å². The highest BCUT2D eigenvalue weighted by Gasteiger charge is 2.26. The van der Waals surface area contributed by atoms with Gasteiger partial charge in [0, 0.05) is 19.4 Å². The van der Waals surface area contributed by atoms with Crippen LogP contribution in [0.4, 0.5) is 0 Å². The average Bonchev–Trinajstić information content (AvgIpc) is 3.20. The third-order valence-corrected chi connectivity index (χ3v) is 11.0. The second kappa shape index (κ2) is 43.8. The Hall–Kier alpha value is -1.77. The fourth-order valence-corrected chi connectivity index (χ4v) is 7.30. The summed E-state index contributed by atoms with van der Waals surface area (Å²) in [6, 6.07) is 0. The van der Waals surface area contributed by atoms with Crippen molar-refractivity contribution in [2.24, 2.45) is 5.73 Å². The molecule has 0 aromatic rings. The maximum Gasteiger partial charge on any atom is 0.472 e. The number of rotatable bonds is 44. The Labute approximate surface area is 350 Å². The van der Waals surface area contributed by atoms with Gasteiger partial charge in [-0.05, 0) is 44.9 Å². The van der Waals surface area contributed by atoms with Crippen molar-refractivity contribution in [3.63, 3.8) is 0 Å². The maximum absolute atomic E-state index is 12.6. The standard InChI is InChI=1S/C47H88NO8P/c1-3-5-7-9-11-13-15-17-19-21-22-24-25-27-29-31-33-35-37-39-46(49)53-43-45(44-55-57(51,52)54-42-41-48)56-47(50)40-38-36-34-32-30-28-26-23-20-18-16-14-12-10-8-6-4-2/h18,20,26,28,32,34,45H,3-17,19,21-25,27,29-31,33,35-44,48H2,1-2H3,(H,51,52)/b20-18+,28-26+,34-32+/t45-/m1/s1. The first-order chi connectivity index (χ1) is 27.8. The molecule has 0 aromatic carbocycles. The molecule has 0 spiro atoms. The third-order valence-electron chi connectivity index (χ3n) is 10.0. The minimum Gasteiger partial charge on any atom is -0.462 e. The zero-order valence-corrected chi connectivity index (χ0v) is 37.7. The highest BCUT2D eigenvalue weighted by molar-refractivity contribution is 7.47. The second-order valence-electron chi connectivity index (χ2n) is 15.6. The van der Waals surface area contributed by atoms with Crippen molar-refractivity contribution in [2.75, 3.05) is 26.4 Å². The molecule has 0 aromatic heterocycles. The van der Waals surface area contributed by atoms with Crippen LogP contribution >= 0.6 is 7.82 Å². The van der Waals surface area contributed by atoms with Crippen LogP contribution in [-0.4, -0.2) is 49.3 Å². The lowest BCUT2D eigenvalue weighted by molar-refractivity contribution is -0.161. The summed E-state index contributed by atoms with van der Waals surface area (Å²) in [5.41, 5.74) is 5.35. The molecule has 0 fully saturated rings. The minimum atomic E-state index is -4.39. The average molecular weight is 826 g/mol. The fraction of sp³-hybridized carbons (Fsp3) is 0.830. The number of allylic oxidation sites excluding steroid dienone is 6. The van der Waals surface area contributed by atoms with Crippen molar-refractivity contribution < 1.29 is 37.6 Å². The Balaban J connectivity index is 4.15. The number of hydrogen-bond donors (Lipinski definition) is 2. The number of carbonyl (C=O) groups excluding carboxylic acids is 2. The Kier molecular flexibility index (Phi) is 42.4. The summed E-state index contributed by atoms with van der Waals surface area (Å²) in [6.07, 6.45) is 49.0. The van der Waals surface area contributed by atoms with Crippen LogP contribution in [0, 0.1) is 0 Å². The molecule has 0 amide bonds. The molecule has 0 bridgehead atoms. The molecule has 10 heteroatoms. The molecule has 3 N–H and O–H groups in total. The Bertz CT molecular complexity index is 1030. The van der Waals surface area contributed by atoms with Crippen molar-refractivity contribution in [3.05, 3.63) is 36.5 Å². The van der Waals surface area contributed by atoms with E-state index in [1.54, 1.807) is 0 Å². The highest BCUT2D eigenvalue weighted by atomic mass is 31.2. The zero-order valence-electron chi connectivity index (χ0n) is 36.8. The van der Waals surface area contributed by atoms with E-state index in [0.717, 1.165) is 44.9 Å². The van der Waals surface area contributed by atoms with Gasteiger partial charge in [0.2, 0.25) is 0 Å². The molecule has 0 saturated heterocycles. The maximum atomic E-state index is 12.6. The molecule has 0 aliphatic heterocycles. The van der Waals surface area contributed by atoms with E-state index in [0.29, 0.717) is 6.42 Å². The van der Waals surface area contributed by atoms with Crippen LogP contribution < -0.4 is 5.73 Å². The van der Waals surface area contributed by atoms with Crippen LogP contribution in [0.2, 0.25) is 0 Å². The number of nitrogens with two attached hydrogens (primary N) is 1. The van der Waals surface area contributed by atoms with Gasteiger partial charge in [0.25, 0.3) is 0 Å². The quantitative estimate of drug-likeness (QED) is 0.0266. The van der Waals surface area contributed by atoms with Gasteiger partial charge in [-0.2, -0.15) is 0 Å². The Morgan fingerprint density at radius 1 is 0.526 bits per heavy atom. The van der Waals surface area contributed by atoms with Crippen LogP contribution in [0.25, 0.3) is 0 Å². The first-order valence-corrected chi connectivity index (χ1v) is 25.0. The first-order valence-electron chi connectivity index (χ1n) is 23.5. The van der Waals surface area contributed by atoms with Crippen LogP contribution in [0.1, 0.15) is 219 Å². The summed E-state index contributed by atoms with van der Waals surface area (Å²) in [6.45, 7) is 3.70. The molecule has 0 rings (SSSR count). The van der Waals surface area contributed by atoms with Crippen LogP contribution in [0.15, 0.2) is 36.5 Å².